The lowest BCUT2D eigenvalue weighted by Gasteiger charge is -2.19. The van der Waals surface area contributed by atoms with Gasteiger partial charge in [-0.15, -0.1) is 0 Å². The Morgan fingerprint density at radius 2 is 2.28 bits per heavy atom. The van der Waals surface area contributed by atoms with Crippen LogP contribution in [0.25, 0.3) is 0 Å². The number of rotatable bonds is 5. The summed E-state index contributed by atoms with van der Waals surface area (Å²) in [4.78, 5) is 0. The van der Waals surface area contributed by atoms with E-state index in [-0.39, 0.29) is 18.2 Å². The lowest BCUT2D eigenvalue weighted by atomic mass is 10.0. The summed E-state index contributed by atoms with van der Waals surface area (Å²) < 4.78 is 11.6. The molecule has 0 saturated heterocycles. The largest absolute Gasteiger partial charge is 0.488 e. The maximum atomic E-state index is 8.80. The van der Waals surface area contributed by atoms with Crippen molar-refractivity contribution in [3.63, 3.8) is 0 Å². The van der Waals surface area contributed by atoms with Gasteiger partial charge in [0.2, 0.25) is 0 Å². The van der Waals surface area contributed by atoms with E-state index in [1.54, 1.807) is 0 Å². The SMILES string of the molecule is CC1(C)Cc2cccc(OCC(N)CCO)c2O1. The molecule has 0 bridgehead atoms. The van der Waals surface area contributed by atoms with Gasteiger partial charge in [-0.05, 0) is 26.3 Å². The highest BCUT2D eigenvalue weighted by Crippen LogP contribution is 2.41. The Labute approximate surface area is 108 Å². The quantitative estimate of drug-likeness (QED) is 0.832. The van der Waals surface area contributed by atoms with Crippen molar-refractivity contribution in [1.82, 2.24) is 0 Å². The molecule has 0 fully saturated rings. The summed E-state index contributed by atoms with van der Waals surface area (Å²) in [5.74, 6) is 1.57. The van der Waals surface area contributed by atoms with Crippen molar-refractivity contribution < 1.29 is 14.6 Å². The van der Waals surface area contributed by atoms with Gasteiger partial charge in [-0.2, -0.15) is 0 Å². The molecular formula is C14H21NO3. The van der Waals surface area contributed by atoms with Crippen LogP contribution in [-0.4, -0.2) is 30.0 Å². The molecule has 0 saturated carbocycles. The van der Waals surface area contributed by atoms with Crippen molar-refractivity contribution in [1.29, 1.82) is 0 Å². The molecule has 1 aliphatic heterocycles. The summed E-state index contributed by atoms with van der Waals surface area (Å²) in [6.07, 6.45) is 1.43. The fourth-order valence-corrected chi connectivity index (χ4v) is 2.15. The maximum Gasteiger partial charge on any atom is 0.165 e. The molecule has 3 N–H and O–H groups in total. The molecule has 2 rings (SSSR count). The third-order valence-electron chi connectivity index (χ3n) is 3.01. The summed E-state index contributed by atoms with van der Waals surface area (Å²) in [6.45, 7) is 4.60. The Morgan fingerprint density at radius 1 is 1.50 bits per heavy atom. The number of aliphatic hydroxyl groups is 1. The number of benzene rings is 1. The molecule has 1 heterocycles. The smallest absolute Gasteiger partial charge is 0.165 e. The topological polar surface area (TPSA) is 64.7 Å². The number of para-hydroxylation sites is 1. The molecule has 4 heteroatoms. The molecule has 0 amide bonds. The van der Waals surface area contributed by atoms with Gasteiger partial charge in [0.15, 0.2) is 11.5 Å². The molecule has 0 spiro atoms. The van der Waals surface area contributed by atoms with Crippen molar-refractivity contribution in [2.45, 2.75) is 38.3 Å². The van der Waals surface area contributed by atoms with Gasteiger partial charge in [-0.1, -0.05) is 12.1 Å². The van der Waals surface area contributed by atoms with E-state index in [0.717, 1.165) is 17.9 Å². The minimum absolute atomic E-state index is 0.0843. The fourth-order valence-electron chi connectivity index (χ4n) is 2.15. The summed E-state index contributed by atoms with van der Waals surface area (Å²) in [5.41, 5.74) is 6.81. The number of aliphatic hydroxyl groups excluding tert-OH is 1. The van der Waals surface area contributed by atoms with Crippen LogP contribution < -0.4 is 15.2 Å². The van der Waals surface area contributed by atoms with Crippen LogP contribution in [0.3, 0.4) is 0 Å². The van der Waals surface area contributed by atoms with Crippen LogP contribution in [0.5, 0.6) is 11.5 Å². The van der Waals surface area contributed by atoms with E-state index in [9.17, 15) is 0 Å². The maximum absolute atomic E-state index is 8.80. The Kier molecular flexibility index (Phi) is 3.78. The third kappa shape index (κ3) is 2.94. The average molecular weight is 251 g/mol. The minimum atomic E-state index is -0.172. The molecule has 1 aromatic carbocycles. The predicted molar refractivity (Wildman–Crippen MR) is 70.0 cm³/mol. The van der Waals surface area contributed by atoms with Gasteiger partial charge in [-0.25, -0.2) is 0 Å². The van der Waals surface area contributed by atoms with Crippen molar-refractivity contribution in [2.75, 3.05) is 13.2 Å². The summed E-state index contributed by atoms with van der Waals surface area (Å²) in [7, 11) is 0. The van der Waals surface area contributed by atoms with E-state index in [1.165, 1.54) is 5.56 Å². The van der Waals surface area contributed by atoms with Crippen LogP contribution in [-0.2, 0) is 6.42 Å². The summed E-state index contributed by atoms with van der Waals surface area (Å²) in [5, 5.41) is 8.80. The lowest BCUT2D eigenvalue weighted by molar-refractivity contribution is 0.131. The van der Waals surface area contributed by atoms with Gasteiger partial charge in [0.05, 0.1) is 0 Å². The predicted octanol–water partition coefficient (Wildman–Crippen LogP) is 1.49. The Hall–Kier alpha value is -1.26. The second kappa shape index (κ2) is 5.16. The van der Waals surface area contributed by atoms with Crippen LogP contribution >= 0.6 is 0 Å². The highest BCUT2D eigenvalue weighted by Gasteiger charge is 2.32. The normalized spacial score (nSPS) is 18.0. The van der Waals surface area contributed by atoms with Crippen molar-refractivity contribution in [2.24, 2.45) is 5.73 Å². The number of hydrogen-bond donors (Lipinski definition) is 2. The first kappa shape index (κ1) is 13.2. The van der Waals surface area contributed by atoms with E-state index in [0.29, 0.717) is 13.0 Å². The Balaban J connectivity index is 2.05. The first-order chi connectivity index (χ1) is 8.52. The first-order valence-corrected chi connectivity index (χ1v) is 6.32. The molecule has 0 radical (unpaired) electrons. The van der Waals surface area contributed by atoms with Gasteiger partial charge in [-0.3, -0.25) is 0 Å². The van der Waals surface area contributed by atoms with Crippen LogP contribution in [0.15, 0.2) is 18.2 Å². The molecule has 1 unspecified atom stereocenters. The molecule has 1 aromatic rings. The lowest BCUT2D eigenvalue weighted by Crippen LogP contribution is -2.29. The molecule has 1 atom stereocenters. The van der Waals surface area contributed by atoms with E-state index in [2.05, 4.69) is 19.9 Å². The Bertz CT molecular complexity index is 418. The van der Waals surface area contributed by atoms with Crippen LogP contribution in [0.4, 0.5) is 0 Å². The van der Waals surface area contributed by atoms with Crippen molar-refractivity contribution in [3.8, 4) is 11.5 Å². The number of ether oxygens (including phenoxy) is 2. The Morgan fingerprint density at radius 3 is 3.00 bits per heavy atom. The van der Waals surface area contributed by atoms with Crippen molar-refractivity contribution in [3.05, 3.63) is 23.8 Å². The summed E-state index contributed by atoms with van der Waals surface area (Å²) >= 11 is 0. The zero-order chi connectivity index (χ0) is 13.2. The minimum Gasteiger partial charge on any atom is -0.488 e. The zero-order valence-corrected chi connectivity index (χ0v) is 11.0. The standard InChI is InChI=1S/C14H21NO3/c1-14(2)8-10-4-3-5-12(13(10)18-14)17-9-11(15)6-7-16/h3-5,11,16H,6-9,15H2,1-2H3. The number of fused-ring (bicyclic) bond motifs is 1. The summed E-state index contributed by atoms with van der Waals surface area (Å²) in [6, 6.07) is 5.77. The van der Waals surface area contributed by atoms with Gasteiger partial charge in [0.1, 0.15) is 12.2 Å². The molecule has 1 aliphatic rings. The van der Waals surface area contributed by atoms with E-state index in [4.69, 9.17) is 20.3 Å². The van der Waals surface area contributed by atoms with Gasteiger partial charge < -0.3 is 20.3 Å². The van der Waals surface area contributed by atoms with E-state index < -0.39 is 0 Å². The van der Waals surface area contributed by atoms with Gasteiger partial charge in [0.25, 0.3) is 0 Å². The molecule has 0 aliphatic carbocycles. The van der Waals surface area contributed by atoms with Crippen LogP contribution in [0, 0.1) is 0 Å². The second-order valence-electron chi connectivity index (χ2n) is 5.37. The molecule has 0 aromatic heterocycles. The monoisotopic (exact) mass is 251 g/mol. The number of hydrogen-bond acceptors (Lipinski definition) is 4. The highest BCUT2D eigenvalue weighted by molar-refractivity contribution is 5.50. The first-order valence-electron chi connectivity index (χ1n) is 6.32. The van der Waals surface area contributed by atoms with Crippen molar-refractivity contribution >= 4 is 0 Å². The van der Waals surface area contributed by atoms with Gasteiger partial charge in [0, 0.05) is 24.6 Å². The second-order valence-corrected chi connectivity index (χ2v) is 5.37. The highest BCUT2D eigenvalue weighted by atomic mass is 16.5. The third-order valence-corrected chi connectivity index (χ3v) is 3.01. The fraction of sp³-hybridized carbons (Fsp3) is 0.571. The molecule has 100 valence electrons. The van der Waals surface area contributed by atoms with Gasteiger partial charge >= 0.3 is 0 Å². The molecular weight excluding hydrogens is 230 g/mol. The van der Waals surface area contributed by atoms with Crippen LogP contribution in [0.1, 0.15) is 25.8 Å². The van der Waals surface area contributed by atoms with E-state index >= 15 is 0 Å². The zero-order valence-electron chi connectivity index (χ0n) is 11.0. The molecule has 4 nitrogen and oxygen atoms in total. The van der Waals surface area contributed by atoms with E-state index in [1.807, 2.05) is 12.1 Å². The van der Waals surface area contributed by atoms with Crippen LogP contribution in [0.2, 0.25) is 0 Å². The molecule has 18 heavy (non-hydrogen) atoms. The average Bonchev–Trinajstić information content (AvgIpc) is 2.61. The number of nitrogens with two attached hydrogens (primary N) is 1.